The molecule has 2 unspecified atom stereocenters. The Hall–Kier alpha value is -3.19. The van der Waals surface area contributed by atoms with Crippen molar-refractivity contribution in [3.63, 3.8) is 0 Å². The van der Waals surface area contributed by atoms with Crippen LogP contribution in [0.2, 0.25) is 0 Å². The lowest BCUT2D eigenvalue weighted by atomic mass is 9.80. The van der Waals surface area contributed by atoms with Crippen LogP contribution in [0.25, 0.3) is 22.3 Å². The molecule has 7 nitrogen and oxygen atoms in total. The fraction of sp³-hybridized carbons (Fsp3) is 0.516. The molecular weight excluding hydrogens is 478 g/mol. The van der Waals surface area contributed by atoms with Gasteiger partial charge in [-0.25, -0.2) is 9.78 Å². The minimum atomic E-state index is -1.96. The third kappa shape index (κ3) is 3.77. The quantitative estimate of drug-likeness (QED) is 0.340. The van der Waals surface area contributed by atoms with Gasteiger partial charge in [0.25, 0.3) is 5.56 Å². The zero-order chi connectivity index (χ0) is 27.7. The van der Waals surface area contributed by atoms with E-state index in [-0.39, 0.29) is 35.4 Å². The fourth-order valence-electron chi connectivity index (χ4n) is 6.70. The molecule has 3 N–H and O–H groups in total. The molecule has 0 fully saturated rings. The number of fused-ring (bicyclic) bond motifs is 5. The predicted octanol–water partition coefficient (Wildman–Crippen LogP) is 5.20. The van der Waals surface area contributed by atoms with E-state index in [9.17, 15) is 14.7 Å². The summed E-state index contributed by atoms with van der Waals surface area (Å²) in [5, 5.41) is 12.9. The summed E-state index contributed by atoms with van der Waals surface area (Å²) >= 11 is 0. The van der Waals surface area contributed by atoms with Gasteiger partial charge in [0.05, 0.1) is 34.7 Å². The molecule has 0 saturated carbocycles. The van der Waals surface area contributed by atoms with Crippen LogP contribution in [0.1, 0.15) is 85.9 Å². The van der Waals surface area contributed by atoms with Crippen LogP contribution in [0.5, 0.6) is 0 Å². The standard InChI is InChI=1S/C31H39N3O4/c1-8-20-21-13-34-28(27(21)33-23-12-17(5)18(6)19(7)24(20)23)26(32)25-22(29(34)35)14-38-30(36)31(25,37)10-9-16(4)11-15(2)3/h12,15-16,37H,8-11,13-14,32H2,1-7H3. The number of aromatic nitrogens is 2. The maximum Gasteiger partial charge on any atom is 0.343 e. The number of ether oxygens (including phenoxy) is 1. The number of pyridine rings is 2. The molecule has 0 radical (unpaired) electrons. The van der Waals surface area contributed by atoms with Crippen LogP contribution >= 0.6 is 0 Å². The SMILES string of the molecule is CCc1c2c(nc3cc(C)c(C)c(C)c13)-c1c(N)c3c(c(=O)n1C2)COC(=O)C3(O)CCC(C)CC(C)C. The Bertz CT molecular complexity index is 1550. The monoisotopic (exact) mass is 517 g/mol. The van der Waals surface area contributed by atoms with Gasteiger partial charge in [-0.15, -0.1) is 0 Å². The Labute approximate surface area is 224 Å². The highest BCUT2D eigenvalue weighted by Gasteiger charge is 2.48. The number of carbonyl (C=O) groups excluding carboxylic acids is 1. The minimum absolute atomic E-state index is 0.149. The number of hydrogen-bond donors (Lipinski definition) is 2. The molecule has 4 heterocycles. The molecule has 0 amide bonds. The number of nitrogens with two attached hydrogens (primary N) is 1. The molecule has 5 rings (SSSR count). The lowest BCUT2D eigenvalue weighted by molar-refractivity contribution is -0.173. The number of hydrogen-bond acceptors (Lipinski definition) is 6. The maximum absolute atomic E-state index is 13.8. The third-order valence-electron chi connectivity index (χ3n) is 8.79. The molecule has 0 spiro atoms. The Morgan fingerprint density at radius 1 is 1.16 bits per heavy atom. The van der Waals surface area contributed by atoms with E-state index in [1.54, 1.807) is 4.57 Å². The second-order valence-corrected chi connectivity index (χ2v) is 11.8. The summed E-state index contributed by atoms with van der Waals surface area (Å²) in [6, 6.07) is 2.09. The van der Waals surface area contributed by atoms with E-state index in [4.69, 9.17) is 15.5 Å². The Morgan fingerprint density at radius 2 is 1.87 bits per heavy atom. The van der Waals surface area contributed by atoms with E-state index in [0.717, 1.165) is 40.4 Å². The average Bonchev–Trinajstić information content (AvgIpc) is 3.24. The highest BCUT2D eigenvalue weighted by atomic mass is 16.6. The van der Waals surface area contributed by atoms with E-state index in [1.165, 1.54) is 11.1 Å². The Morgan fingerprint density at radius 3 is 2.53 bits per heavy atom. The first-order chi connectivity index (χ1) is 17.9. The summed E-state index contributed by atoms with van der Waals surface area (Å²) < 4.78 is 7.04. The summed E-state index contributed by atoms with van der Waals surface area (Å²) in [5.74, 6) is 0.0626. The summed E-state index contributed by atoms with van der Waals surface area (Å²) in [7, 11) is 0. The zero-order valence-electron chi connectivity index (χ0n) is 23.6. The van der Waals surface area contributed by atoms with Crippen LogP contribution in [0.3, 0.4) is 0 Å². The van der Waals surface area contributed by atoms with Gasteiger partial charge in [0.2, 0.25) is 0 Å². The number of rotatable bonds is 6. The number of nitrogens with zero attached hydrogens (tertiary/aromatic N) is 2. The van der Waals surface area contributed by atoms with E-state index in [1.807, 2.05) is 0 Å². The zero-order valence-corrected chi connectivity index (χ0v) is 23.6. The normalized spacial score (nSPS) is 18.9. The van der Waals surface area contributed by atoms with Crippen molar-refractivity contribution in [3.05, 3.63) is 55.4 Å². The molecule has 1 aromatic carbocycles. The lowest BCUT2D eigenvalue weighted by Crippen LogP contribution is -2.46. The van der Waals surface area contributed by atoms with Gasteiger partial charge in [0, 0.05) is 16.5 Å². The van der Waals surface area contributed by atoms with E-state index < -0.39 is 11.6 Å². The largest absolute Gasteiger partial charge is 0.458 e. The van der Waals surface area contributed by atoms with Crippen LogP contribution in [-0.2, 0) is 34.7 Å². The van der Waals surface area contributed by atoms with Crippen molar-refractivity contribution >= 4 is 22.6 Å². The number of esters is 1. The molecule has 202 valence electrons. The van der Waals surface area contributed by atoms with Gasteiger partial charge in [-0.05, 0) is 86.6 Å². The topological polar surface area (TPSA) is 107 Å². The number of carbonyl (C=O) groups is 1. The highest BCUT2D eigenvalue weighted by molar-refractivity contribution is 5.95. The maximum atomic E-state index is 13.8. The smallest absolute Gasteiger partial charge is 0.343 e. The van der Waals surface area contributed by atoms with Crippen molar-refractivity contribution in [2.75, 3.05) is 5.73 Å². The molecule has 0 aliphatic carbocycles. The number of aryl methyl sites for hydroxylation is 3. The molecule has 0 saturated heterocycles. The van der Waals surface area contributed by atoms with E-state index in [2.05, 4.69) is 54.5 Å². The van der Waals surface area contributed by atoms with Gasteiger partial charge in [-0.2, -0.15) is 0 Å². The summed E-state index contributed by atoms with van der Waals surface area (Å²) in [5.41, 5.74) is 13.1. The fourth-order valence-corrected chi connectivity index (χ4v) is 6.70. The molecule has 7 heteroatoms. The van der Waals surface area contributed by atoms with E-state index in [0.29, 0.717) is 36.2 Å². The van der Waals surface area contributed by atoms with Gasteiger partial charge in [-0.1, -0.05) is 27.7 Å². The van der Waals surface area contributed by atoms with Gasteiger partial charge in [0.15, 0.2) is 5.60 Å². The van der Waals surface area contributed by atoms with Crippen molar-refractivity contribution in [1.29, 1.82) is 0 Å². The lowest BCUT2D eigenvalue weighted by Gasteiger charge is -2.34. The molecule has 3 aromatic rings. The first-order valence-electron chi connectivity index (χ1n) is 13.8. The number of cyclic esters (lactones) is 1. The van der Waals surface area contributed by atoms with Crippen LogP contribution in [0.4, 0.5) is 5.69 Å². The first kappa shape index (κ1) is 26.4. The third-order valence-corrected chi connectivity index (χ3v) is 8.79. The van der Waals surface area contributed by atoms with Crippen molar-refractivity contribution in [2.24, 2.45) is 11.8 Å². The Kier molecular flexibility index (Phi) is 6.41. The average molecular weight is 518 g/mol. The first-order valence-corrected chi connectivity index (χ1v) is 13.8. The number of aliphatic hydroxyl groups is 1. The van der Waals surface area contributed by atoms with Crippen molar-refractivity contribution < 1.29 is 14.6 Å². The summed E-state index contributed by atoms with van der Waals surface area (Å²) in [6.07, 6.45) is 2.52. The molecule has 2 atom stereocenters. The summed E-state index contributed by atoms with van der Waals surface area (Å²) in [6.45, 7) is 15.0. The van der Waals surface area contributed by atoms with Crippen molar-refractivity contribution in [1.82, 2.24) is 9.55 Å². The molecule has 38 heavy (non-hydrogen) atoms. The Balaban J connectivity index is 1.74. The second kappa shape index (κ2) is 9.23. The van der Waals surface area contributed by atoms with Crippen LogP contribution in [0.15, 0.2) is 10.9 Å². The van der Waals surface area contributed by atoms with Crippen LogP contribution in [-0.4, -0.2) is 20.6 Å². The van der Waals surface area contributed by atoms with Crippen LogP contribution in [0, 0.1) is 32.6 Å². The number of anilines is 1. The number of benzene rings is 1. The predicted molar refractivity (Wildman–Crippen MR) is 150 cm³/mol. The molecule has 0 bridgehead atoms. The van der Waals surface area contributed by atoms with Crippen molar-refractivity contribution in [3.8, 4) is 11.4 Å². The molecular formula is C31H39N3O4. The van der Waals surface area contributed by atoms with Crippen molar-refractivity contribution in [2.45, 2.75) is 92.9 Å². The highest BCUT2D eigenvalue weighted by Crippen LogP contribution is 2.46. The van der Waals surface area contributed by atoms with Gasteiger partial charge in [-0.3, -0.25) is 4.79 Å². The van der Waals surface area contributed by atoms with Gasteiger partial charge < -0.3 is 20.1 Å². The second-order valence-electron chi connectivity index (χ2n) is 11.8. The van der Waals surface area contributed by atoms with Gasteiger partial charge in [0.1, 0.15) is 6.61 Å². The minimum Gasteiger partial charge on any atom is -0.458 e. The molecule has 2 aromatic heterocycles. The molecule has 2 aliphatic heterocycles. The van der Waals surface area contributed by atoms with Crippen LogP contribution < -0.4 is 11.3 Å². The van der Waals surface area contributed by atoms with Gasteiger partial charge >= 0.3 is 5.97 Å². The number of nitrogen functional groups attached to an aromatic ring is 1. The molecule has 2 aliphatic rings. The van der Waals surface area contributed by atoms with E-state index >= 15 is 0 Å². The summed E-state index contributed by atoms with van der Waals surface area (Å²) in [4.78, 5) is 32.0.